The lowest BCUT2D eigenvalue weighted by Gasteiger charge is -2.24. The van der Waals surface area contributed by atoms with Crippen LogP contribution in [-0.2, 0) is 0 Å². The number of Topliss-reactive ketones (excluding diaryl/α,β-unsaturated/α-hetero) is 1. The highest BCUT2D eigenvalue weighted by atomic mass is 35.5. The van der Waals surface area contributed by atoms with Gasteiger partial charge < -0.3 is 10.1 Å². The molecule has 0 saturated heterocycles. The van der Waals surface area contributed by atoms with Crippen LogP contribution in [0.1, 0.15) is 20.0 Å². The summed E-state index contributed by atoms with van der Waals surface area (Å²) in [6, 6.07) is 9.61. The third-order valence-corrected chi connectivity index (χ3v) is 4.21. The topological polar surface area (TPSA) is 55.4 Å². The molecule has 1 aliphatic rings. The zero-order chi connectivity index (χ0) is 14.1. The second-order valence-electron chi connectivity index (χ2n) is 4.30. The van der Waals surface area contributed by atoms with E-state index in [2.05, 4.69) is 5.32 Å². The first kappa shape index (κ1) is 13.1. The van der Waals surface area contributed by atoms with Crippen molar-refractivity contribution < 1.29 is 14.3 Å². The number of fused-ring (bicyclic) bond motifs is 1. The van der Waals surface area contributed by atoms with Gasteiger partial charge in [0.15, 0.2) is 5.78 Å². The fourth-order valence-electron chi connectivity index (χ4n) is 2.01. The normalized spacial score (nSPS) is 17.2. The number of carbonyl (C=O) groups excluding carboxylic acids is 2. The number of thiophene rings is 1. The van der Waals surface area contributed by atoms with Crippen molar-refractivity contribution in [3.05, 3.63) is 51.2 Å². The molecule has 1 aromatic carbocycles. The molecule has 2 aromatic rings. The number of para-hydroxylation sites is 1. The van der Waals surface area contributed by atoms with E-state index in [1.807, 2.05) is 0 Å². The monoisotopic (exact) mass is 307 g/mol. The smallest absolute Gasteiger partial charge is 0.262 e. The molecule has 1 atom stereocenters. The van der Waals surface area contributed by atoms with Crippen molar-refractivity contribution in [1.82, 2.24) is 5.32 Å². The largest absolute Gasteiger partial charge is 0.490 e. The SMILES string of the molecule is O=C(N[C@@H]1COc2ccccc2C1=O)c1ccc(Cl)s1. The minimum absolute atomic E-state index is 0.136. The van der Waals surface area contributed by atoms with Gasteiger partial charge in [0.25, 0.3) is 5.91 Å². The van der Waals surface area contributed by atoms with Crippen molar-refractivity contribution in [1.29, 1.82) is 0 Å². The van der Waals surface area contributed by atoms with Crippen molar-refractivity contribution in [3.63, 3.8) is 0 Å². The Morgan fingerprint density at radius 3 is 2.85 bits per heavy atom. The van der Waals surface area contributed by atoms with Gasteiger partial charge in [-0.25, -0.2) is 0 Å². The van der Waals surface area contributed by atoms with E-state index >= 15 is 0 Å². The molecule has 0 aliphatic carbocycles. The van der Waals surface area contributed by atoms with E-state index in [1.54, 1.807) is 36.4 Å². The van der Waals surface area contributed by atoms with Crippen molar-refractivity contribution in [3.8, 4) is 5.75 Å². The first-order chi connectivity index (χ1) is 9.65. The quantitative estimate of drug-likeness (QED) is 0.928. The predicted molar refractivity (Wildman–Crippen MR) is 76.9 cm³/mol. The highest BCUT2D eigenvalue weighted by molar-refractivity contribution is 7.18. The predicted octanol–water partition coefficient (Wildman–Crippen LogP) is 2.78. The zero-order valence-corrected chi connectivity index (χ0v) is 11.8. The Labute approximate surface area is 124 Å². The number of carbonyl (C=O) groups is 2. The molecule has 0 fully saturated rings. The number of amides is 1. The van der Waals surface area contributed by atoms with Gasteiger partial charge in [-0.2, -0.15) is 0 Å². The molecule has 0 radical (unpaired) electrons. The number of rotatable bonds is 2. The lowest BCUT2D eigenvalue weighted by atomic mass is 10.0. The van der Waals surface area contributed by atoms with E-state index in [0.29, 0.717) is 20.5 Å². The molecule has 1 aliphatic heterocycles. The first-order valence-electron chi connectivity index (χ1n) is 5.97. The summed E-state index contributed by atoms with van der Waals surface area (Å²) in [5.74, 6) is 0.105. The Morgan fingerprint density at radius 1 is 1.30 bits per heavy atom. The van der Waals surface area contributed by atoms with Crippen LogP contribution in [0.25, 0.3) is 0 Å². The molecule has 3 rings (SSSR count). The minimum Gasteiger partial charge on any atom is -0.490 e. The Hall–Kier alpha value is -1.85. The summed E-state index contributed by atoms with van der Waals surface area (Å²) in [6.45, 7) is 0.140. The van der Waals surface area contributed by atoms with Gasteiger partial charge in [0.05, 0.1) is 14.8 Å². The maximum absolute atomic E-state index is 12.3. The van der Waals surface area contributed by atoms with E-state index in [9.17, 15) is 9.59 Å². The lowest BCUT2D eigenvalue weighted by molar-refractivity contribution is 0.0797. The van der Waals surface area contributed by atoms with Crippen LogP contribution >= 0.6 is 22.9 Å². The molecule has 1 N–H and O–H groups in total. The Bertz CT molecular complexity index is 683. The fourth-order valence-corrected chi connectivity index (χ4v) is 2.95. The summed E-state index contributed by atoms with van der Waals surface area (Å²) < 4.78 is 6.02. The molecule has 0 bridgehead atoms. The van der Waals surface area contributed by atoms with Crippen molar-refractivity contribution in [2.45, 2.75) is 6.04 Å². The first-order valence-corrected chi connectivity index (χ1v) is 7.17. The molecule has 1 aromatic heterocycles. The van der Waals surface area contributed by atoms with Gasteiger partial charge in [0.1, 0.15) is 18.4 Å². The van der Waals surface area contributed by atoms with Crippen LogP contribution in [0.2, 0.25) is 4.34 Å². The molecular formula is C14H10ClNO3S. The standard InChI is InChI=1S/C14H10ClNO3S/c15-12-6-5-11(20-12)14(18)16-9-7-19-10-4-2-1-3-8(10)13(9)17/h1-6,9H,7H2,(H,16,18)/t9-/m1/s1. The molecule has 2 heterocycles. The maximum atomic E-state index is 12.3. The van der Waals surface area contributed by atoms with Gasteiger partial charge in [-0.05, 0) is 24.3 Å². The van der Waals surface area contributed by atoms with Crippen LogP contribution in [0.15, 0.2) is 36.4 Å². The minimum atomic E-state index is -0.668. The molecule has 0 saturated carbocycles. The fraction of sp³-hybridized carbons (Fsp3) is 0.143. The van der Waals surface area contributed by atoms with E-state index in [0.717, 1.165) is 0 Å². The second kappa shape index (κ2) is 5.26. The number of hydrogen-bond donors (Lipinski definition) is 1. The number of halogens is 1. The van der Waals surface area contributed by atoms with E-state index in [1.165, 1.54) is 11.3 Å². The number of hydrogen-bond acceptors (Lipinski definition) is 4. The lowest BCUT2D eigenvalue weighted by Crippen LogP contribution is -2.47. The van der Waals surface area contributed by atoms with Gasteiger partial charge in [-0.15, -0.1) is 11.3 Å². The molecule has 102 valence electrons. The second-order valence-corrected chi connectivity index (χ2v) is 6.02. The van der Waals surface area contributed by atoms with Crippen LogP contribution in [0.5, 0.6) is 5.75 Å². The Kier molecular flexibility index (Phi) is 3.46. The summed E-state index contributed by atoms with van der Waals surface area (Å²) in [4.78, 5) is 24.8. The van der Waals surface area contributed by atoms with Crippen molar-refractivity contribution in [2.75, 3.05) is 6.61 Å². The zero-order valence-electron chi connectivity index (χ0n) is 10.3. The third kappa shape index (κ3) is 2.42. The van der Waals surface area contributed by atoms with Crippen molar-refractivity contribution in [2.24, 2.45) is 0 Å². The van der Waals surface area contributed by atoms with Crippen LogP contribution in [0, 0.1) is 0 Å². The molecule has 6 heteroatoms. The summed E-state index contributed by atoms with van der Waals surface area (Å²) in [6.07, 6.45) is 0. The molecule has 4 nitrogen and oxygen atoms in total. The number of benzene rings is 1. The Balaban J connectivity index is 1.77. The van der Waals surface area contributed by atoms with Gasteiger partial charge >= 0.3 is 0 Å². The van der Waals surface area contributed by atoms with Crippen LogP contribution < -0.4 is 10.1 Å². The summed E-state index contributed by atoms with van der Waals surface area (Å²) in [5, 5.41) is 2.68. The van der Waals surface area contributed by atoms with Crippen LogP contribution in [0.3, 0.4) is 0 Å². The van der Waals surface area contributed by atoms with Gasteiger partial charge in [0.2, 0.25) is 0 Å². The molecular weight excluding hydrogens is 298 g/mol. The summed E-state index contributed by atoms with van der Waals surface area (Å²) in [7, 11) is 0. The molecule has 0 unspecified atom stereocenters. The number of ketones is 1. The third-order valence-electron chi connectivity index (χ3n) is 2.98. The average molecular weight is 308 g/mol. The van der Waals surface area contributed by atoms with Crippen LogP contribution in [-0.4, -0.2) is 24.3 Å². The van der Waals surface area contributed by atoms with E-state index in [-0.39, 0.29) is 18.3 Å². The molecule has 1 amide bonds. The molecule has 0 spiro atoms. The Morgan fingerprint density at radius 2 is 2.10 bits per heavy atom. The van der Waals surface area contributed by atoms with Gasteiger partial charge in [-0.1, -0.05) is 23.7 Å². The summed E-state index contributed by atoms with van der Waals surface area (Å²) >= 11 is 6.96. The highest BCUT2D eigenvalue weighted by Gasteiger charge is 2.30. The van der Waals surface area contributed by atoms with Gasteiger partial charge in [-0.3, -0.25) is 9.59 Å². The highest BCUT2D eigenvalue weighted by Crippen LogP contribution is 2.25. The van der Waals surface area contributed by atoms with E-state index in [4.69, 9.17) is 16.3 Å². The maximum Gasteiger partial charge on any atom is 0.262 e. The molecule has 20 heavy (non-hydrogen) atoms. The summed E-state index contributed by atoms with van der Waals surface area (Å²) in [5.41, 5.74) is 0.494. The average Bonchev–Trinajstić information content (AvgIpc) is 2.89. The van der Waals surface area contributed by atoms with Crippen molar-refractivity contribution >= 4 is 34.6 Å². The number of nitrogens with one attached hydrogen (secondary N) is 1. The van der Waals surface area contributed by atoms with E-state index < -0.39 is 6.04 Å². The number of ether oxygens (including phenoxy) is 1. The van der Waals surface area contributed by atoms with Gasteiger partial charge in [0, 0.05) is 0 Å². The van der Waals surface area contributed by atoms with Crippen LogP contribution in [0.4, 0.5) is 0 Å².